The number of aromatic nitrogens is 1. The Morgan fingerprint density at radius 1 is 1.58 bits per heavy atom. The number of rotatable bonds is 0. The molecule has 0 saturated carbocycles. The molecule has 0 fully saturated rings. The first-order valence-corrected chi connectivity index (χ1v) is 4.47. The van der Waals surface area contributed by atoms with E-state index in [0.29, 0.717) is 5.92 Å². The minimum atomic E-state index is 0.219. The lowest BCUT2D eigenvalue weighted by Gasteiger charge is -2.27. The summed E-state index contributed by atoms with van der Waals surface area (Å²) in [6, 6.07) is 2.27. The molecule has 1 aliphatic rings. The fourth-order valence-corrected chi connectivity index (χ4v) is 1.84. The Morgan fingerprint density at radius 2 is 2.42 bits per heavy atom. The second-order valence-corrected chi connectivity index (χ2v) is 3.62. The first-order chi connectivity index (χ1) is 5.79. The van der Waals surface area contributed by atoms with Crippen molar-refractivity contribution in [1.82, 2.24) is 4.98 Å². The molecule has 1 aromatic rings. The van der Waals surface area contributed by atoms with Crippen molar-refractivity contribution in [2.45, 2.75) is 25.8 Å². The highest BCUT2D eigenvalue weighted by atomic mass is 14.7. The third-order valence-corrected chi connectivity index (χ3v) is 2.78. The van der Waals surface area contributed by atoms with Crippen LogP contribution in [0.4, 0.5) is 0 Å². The molecular formula is C10H14N2. The van der Waals surface area contributed by atoms with Crippen molar-refractivity contribution in [2.75, 3.05) is 0 Å². The van der Waals surface area contributed by atoms with Crippen LogP contribution in [-0.4, -0.2) is 4.98 Å². The van der Waals surface area contributed by atoms with Crippen LogP contribution in [0.2, 0.25) is 0 Å². The van der Waals surface area contributed by atoms with E-state index in [0.717, 1.165) is 6.42 Å². The lowest BCUT2D eigenvalue weighted by Crippen LogP contribution is -2.25. The molecule has 0 spiro atoms. The van der Waals surface area contributed by atoms with Crippen LogP contribution in [0.25, 0.3) is 0 Å². The summed E-state index contributed by atoms with van der Waals surface area (Å²) in [6.07, 6.45) is 6.11. The summed E-state index contributed by atoms with van der Waals surface area (Å²) in [7, 11) is 0. The second kappa shape index (κ2) is 2.87. The third kappa shape index (κ3) is 1.12. The van der Waals surface area contributed by atoms with E-state index in [1.54, 1.807) is 0 Å². The zero-order valence-electron chi connectivity index (χ0n) is 7.33. The van der Waals surface area contributed by atoms with Gasteiger partial charge >= 0.3 is 0 Å². The van der Waals surface area contributed by atoms with Crippen LogP contribution in [-0.2, 0) is 6.42 Å². The van der Waals surface area contributed by atoms with Crippen LogP contribution in [0.1, 0.15) is 30.5 Å². The molecule has 2 nitrogen and oxygen atoms in total. The van der Waals surface area contributed by atoms with Crippen molar-refractivity contribution in [3.05, 3.63) is 29.6 Å². The summed E-state index contributed by atoms with van der Waals surface area (Å²) >= 11 is 0. The zero-order chi connectivity index (χ0) is 8.55. The lowest BCUT2D eigenvalue weighted by molar-refractivity contribution is 0.411. The van der Waals surface area contributed by atoms with Crippen LogP contribution in [0.3, 0.4) is 0 Å². The van der Waals surface area contributed by atoms with Gasteiger partial charge in [0.25, 0.3) is 0 Å². The van der Waals surface area contributed by atoms with Crippen molar-refractivity contribution in [1.29, 1.82) is 0 Å². The molecule has 2 unspecified atom stereocenters. The molecule has 2 N–H and O–H groups in total. The smallest absolute Gasteiger partial charge is 0.0324 e. The molecular weight excluding hydrogens is 148 g/mol. The molecule has 1 aromatic heterocycles. The number of hydrogen-bond donors (Lipinski definition) is 1. The Kier molecular flexibility index (Phi) is 1.85. The fraction of sp³-hybridized carbons (Fsp3) is 0.500. The normalized spacial score (nSPS) is 28.2. The maximum atomic E-state index is 6.06. The molecule has 1 heterocycles. The number of aryl methyl sites for hydroxylation is 1. The fourth-order valence-electron chi connectivity index (χ4n) is 1.84. The standard InChI is InChI=1S/C10H14N2/c1-7-2-3-8-6-12-5-4-9(8)10(7)11/h4-7,10H,2-3,11H2,1H3. The van der Waals surface area contributed by atoms with Gasteiger partial charge in [0.05, 0.1) is 0 Å². The van der Waals surface area contributed by atoms with E-state index in [2.05, 4.69) is 18.0 Å². The monoisotopic (exact) mass is 162 g/mol. The van der Waals surface area contributed by atoms with Gasteiger partial charge in [-0.25, -0.2) is 0 Å². The highest BCUT2D eigenvalue weighted by Crippen LogP contribution is 2.31. The van der Waals surface area contributed by atoms with Crippen molar-refractivity contribution in [2.24, 2.45) is 11.7 Å². The number of nitrogens with zero attached hydrogens (tertiary/aromatic N) is 1. The molecule has 0 amide bonds. The largest absolute Gasteiger partial charge is 0.324 e. The van der Waals surface area contributed by atoms with Gasteiger partial charge in [0.1, 0.15) is 0 Å². The Bertz CT molecular complexity index is 283. The van der Waals surface area contributed by atoms with Gasteiger partial charge < -0.3 is 5.73 Å². The van der Waals surface area contributed by atoms with Crippen LogP contribution >= 0.6 is 0 Å². The molecule has 64 valence electrons. The van der Waals surface area contributed by atoms with Crippen LogP contribution in [0.5, 0.6) is 0 Å². The Morgan fingerprint density at radius 3 is 3.25 bits per heavy atom. The average Bonchev–Trinajstić information content (AvgIpc) is 2.12. The molecule has 0 aliphatic heterocycles. The summed E-state index contributed by atoms with van der Waals surface area (Å²) in [6.45, 7) is 2.22. The van der Waals surface area contributed by atoms with Crippen molar-refractivity contribution < 1.29 is 0 Å². The van der Waals surface area contributed by atoms with Gasteiger partial charge in [0.15, 0.2) is 0 Å². The van der Waals surface area contributed by atoms with Crippen molar-refractivity contribution >= 4 is 0 Å². The number of nitrogens with two attached hydrogens (primary N) is 1. The maximum absolute atomic E-state index is 6.06. The van der Waals surface area contributed by atoms with Crippen LogP contribution in [0.15, 0.2) is 18.5 Å². The van der Waals surface area contributed by atoms with Gasteiger partial charge in [-0.05, 0) is 36.0 Å². The first kappa shape index (κ1) is 7.74. The highest BCUT2D eigenvalue weighted by molar-refractivity contribution is 5.29. The SMILES string of the molecule is CC1CCc2cnccc2C1N. The predicted molar refractivity (Wildman–Crippen MR) is 48.7 cm³/mol. The molecule has 12 heavy (non-hydrogen) atoms. The van der Waals surface area contributed by atoms with Gasteiger partial charge in [0.2, 0.25) is 0 Å². The lowest BCUT2D eigenvalue weighted by atomic mass is 9.82. The summed E-state index contributed by atoms with van der Waals surface area (Å²) in [5, 5.41) is 0. The number of pyridine rings is 1. The first-order valence-electron chi connectivity index (χ1n) is 4.47. The Labute approximate surface area is 72.8 Å². The zero-order valence-corrected chi connectivity index (χ0v) is 7.33. The second-order valence-electron chi connectivity index (χ2n) is 3.62. The molecule has 0 saturated heterocycles. The number of fused-ring (bicyclic) bond motifs is 1. The summed E-state index contributed by atoms with van der Waals surface area (Å²) in [5.74, 6) is 0.611. The minimum Gasteiger partial charge on any atom is -0.324 e. The molecule has 0 aromatic carbocycles. The predicted octanol–water partition coefficient (Wildman–Crippen LogP) is 1.66. The quantitative estimate of drug-likeness (QED) is 0.630. The topological polar surface area (TPSA) is 38.9 Å². The van der Waals surface area contributed by atoms with Crippen molar-refractivity contribution in [3.63, 3.8) is 0 Å². The van der Waals surface area contributed by atoms with Gasteiger partial charge in [-0.15, -0.1) is 0 Å². The molecule has 2 atom stereocenters. The third-order valence-electron chi connectivity index (χ3n) is 2.78. The van der Waals surface area contributed by atoms with E-state index in [1.165, 1.54) is 17.5 Å². The van der Waals surface area contributed by atoms with Gasteiger partial charge in [-0.1, -0.05) is 6.92 Å². The maximum Gasteiger partial charge on any atom is 0.0324 e. The Balaban J connectivity index is 2.42. The van der Waals surface area contributed by atoms with Gasteiger partial charge in [-0.3, -0.25) is 4.98 Å². The van der Waals surface area contributed by atoms with Gasteiger partial charge in [0, 0.05) is 18.4 Å². The highest BCUT2D eigenvalue weighted by Gasteiger charge is 2.22. The molecule has 2 rings (SSSR count). The minimum absolute atomic E-state index is 0.219. The van der Waals surface area contributed by atoms with E-state index in [-0.39, 0.29) is 6.04 Å². The molecule has 1 aliphatic carbocycles. The summed E-state index contributed by atoms with van der Waals surface area (Å²) < 4.78 is 0. The number of hydrogen-bond acceptors (Lipinski definition) is 2. The van der Waals surface area contributed by atoms with E-state index >= 15 is 0 Å². The van der Waals surface area contributed by atoms with Crippen LogP contribution < -0.4 is 5.73 Å². The van der Waals surface area contributed by atoms with Crippen molar-refractivity contribution in [3.8, 4) is 0 Å². The van der Waals surface area contributed by atoms with E-state index in [9.17, 15) is 0 Å². The van der Waals surface area contributed by atoms with Gasteiger partial charge in [-0.2, -0.15) is 0 Å². The van der Waals surface area contributed by atoms with E-state index < -0.39 is 0 Å². The van der Waals surface area contributed by atoms with E-state index in [4.69, 9.17) is 5.73 Å². The van der Waals surface area contributed by atoms with E-state index in [1.807, 2.05) is 12.4 Å². The molecule has 2 heteroatoms. The summed E-state index contributed by atoms with van der Waals surface area (Å²) in [5.41, 5.74) is 8.69. The molecule has 0 bridgehead atoms. The average molecular weight is 162 g/mol. The summed E-state index contributed by atoms with van der Waals surface area (Å²) in [4.78, 5) is 4.10. The Hall–Kier alpha value is -0.890. The molecule has 0 radical (unpaired) electrons. The van der Waals surface area contributed by atoms with Crippen LogP contribution in [0, 0.1) is 5.92 Å².